The smallest absolute Gasteiger partial charge is 0.173 e. The fourth-order valence-corrected chi connectivity index (χ4v) is 0.705. The van der Waals surface area contributed by atoms with E-state index in [0.29, 0.717) is 11.3 Å². The molecule has 0 aromatic carbocycles. The van der Waals surface area contributed by atoms with Crippen molar-refractivity contribution in [3.05, 3.63) is 23.7 Å². The van der Waals surface area contributed by atoms with Crippen molar-refractivity contribution in [2.24, 2.45) is 10.9 Å². The molecule has 0 aliphatic carbocycles. The van der Waals surface area contributed by atoms with Crippen LogP contribution in [0.15, 0.2) is 21.9 Å². The fraction of sp³-hybridized carbons (Fsp3) is 0.167. The average Bonchev–Trinajstić information content (AvgIpc) is 2.34. The summed E-state index contributed by atoms with van der Waals surface area (Å²) in [5.41, 5.74) is 5.91. The molecule has 1 aromatic rings. The normalized spacial score (nSPS) is 11.9. The third-order valence-electron chi connectivity index (χ3n) is 1.24. The predicted molar refractivity (Wildman–Crippen MR) is 36.0 cm³/mol. The van der Waals surface area contributed by atoms with Gasteiger partial charge in [-0.15, -0.1) is 0 Å². The first-order chi connectivity index (χ1) is 4.75. The summed E-state index contributed by atoms with van der Waals surface area (Å²) in [6, 6.07) is 1.64. The Morgan fingerprint density at radius 1 is 1.80 bits per heavy atom. The van der Waals surface area contributed by atoms with Crippen LogP contribution >= 0.6 is 0 Å². The summed E-state index contributed by atoms with van der Waals surface area (Å²) >= 11 is 0. The van der Waals surface area contributed by atoms with E-state index in [0.717, 1.165) is 0 Å². The maximum Gasteiger partial charge on any atom is 0.173 e. The van der Waals surface area contributed by atoms with Gasteiger partial charge in [-0.2, -0.15) is 0 Å². The van der Waals surface area contributed by atoms with Crippen molar-refractivity contribution in [2.45, 2.75) is 6.92 Å². The van der Waals surface area contributed by atoms with Crippen molar-refractivity contribution in [1.29, 1.82) is 0 Å². The Bertz CT molecular complexity index is 252. The molecule has 4 nitrogen and oxygen atoms in total. The van der Waals surface area contributed by atoms with Crippen LogP contribution in [0.3, 0.4) is 0 Å². The standard InChI is InChI=1S/C6H8N2O2/c1-4-5(2-3-10-4)6(7)8-9/h2-3,9H,1H3,(H2,7,8). The van der Waals surface area contributed by atoms with E-state index in [9.17, 15) is 0 Å². The third kappa shape index (κ3) is 0.953. The first kappa shape index (κ1) is 6.67. The molecule has 0 fully saturated rings. The lowest BCUT2D eigenvalue weighted by atomic mass is 10.2. The molecular weight excluding hydrogens is 132 g/mol. The van der Waals surface area contributed by atoms with Crippen LogP contribution in [0.1, 0.15) is 11.3 Å². The predicted octanol–water partition coefficient (Wildman–Crippen LogP) is 0.683. The molecule has 0 saturated heterocycles. The van der Waals surface area contributed by atoms with Crippen molar-refractivity contribution in [3.8, 4) is 0 Å². The van der Waals surface area contributed by atoms with Gasteiger partial charge < -0.3 is 15.4 Å². The number of hydrogen-bond acceptors (Lipinski definition) is 3. The lowest BCUT2D eigenvalue weighted by Crippen LogP contribution is -2.12. The fourth-order valence-electron chi connectivity index (χ4n) is 0.705. The van der Waals surface area contributed by atoms with E-state index in [1.807, 2.05) is 0 Å². The molecule has 3 N–H and O–H groups in total. The zero-order valence-corrected chi connectivity index (χ0v) is 5.53. The van der Waals surface area contributed by atoms with Gasteiger partial charge in [-0.3, -0.25) is 0 Å². The van der Waals surface area contributed by atoms with Crippen LogP contribution in [0.2, 0.25) is 0 Å². The highest BCUT2D eigenvalue weighted by Crippen LogP contribution is 2.07. The summed E-state index contributed by atoms with van der Waals surface area (Å²) in [5.74, 6) is 0.724. The lowest BCUT2D eigenvalue weighted by molar-refractivity contribution is 0.318. The zero-order chi connectivity index (χ0) is 7.56. The molecule has 0 bridgehead atoms. The largest absolute Gasteiger partial charge is 0.469 e. The van der Waals surface area contributed by atoms with E-state index in [2.05, 4.69) is 5.16 Å². The summed E-state index contributed by atoms with van der Waals surface area (Å²) in [4.78, 5) is 0. The molecule has 0 saturated carbocycles. The minimum Gasteiger partial charge on any atom is -0.469 e. The second-order valence-corrected chi connectivity index (χ2v) is 1.88. The van der Waals surface area contributed by atoms with Crippen LogP contribution < -0.4 is 5.73 Å². The van der Waals surface area contributed by atoms with Crippen LogP contribution in [0, 0.1) is 6.92 Å². The summed E-state index contributed by atoms with van der Waals surface area (Å²) < 4.78 is 4.92. The van der Waals surface area contributed by atoms with Crippen molar-refractivity contribution < 1.29 is 9.62 Å². The maximum absolute atomic E-state index is 8.25. The topological polar surface area (TPSA) is 71.8 Å². The molecule has 10 heavy (non-hydrogen) atoms. The number of oxime groups is 1. The Morgan fingerprint density at radius 3 is 2.90 bits per heavy atom. The minimum absolute atomic E-state index is 0.0752. The summed E-state index contributed by atoms with van der Waals surface area (Å²) in [6.07, 6.45) is 1.49. The van der Waals surface area contributed by atoms with E-state index in [-0.39, 0.29) is 5.84 Å². The first-order valence-electron chi connectivity index (χ1n) is 2.77. The van der Waals surface area contributed by atoms with Crippen LogP contribution in [-0.4, -0.2) is 11.0 Å². The van der Waals surface area contributed by atoms with Crippen molar-refractivity contribution in [3.63, 3.8) is 0 Å². The molecule has 4 heteroatoms. The summed E-state index contributed by atoms with van der Waals surface area (Å²) in [6.45, 7) is 1.74. The highest BCUT2D eigenvalue weighted by molar-refractivity contribution is 5.97. The molecule has 0 atom stereocenters. The second-order valence-electron chi connectivity index (χ2n) is 1.88. The Balaban J connectivity index is 3.05. The quantitative estimate of drug-likeness (QED) is 0.261. The number of rotatable bonds is 1. The molecule has 0 aliphatic heterocycles. The molecular formula is C6H8N2O2. The van der Waals surface area contributed by atoms with Crippen molar-refractivity contribution in [2.75, 3.05) is 0 Å². The Hall–Kier alpha value is -1.45. The molecule has 1 heterocycles. The Labute approximate surface area is 57.9 Å². The van der Waals surface area contributed by atoms with E-state index >= 15 is 0 Å². The van der Waals surface area contributed by atoms with Gasteiger partial charge in [0.25, 0.3) is 0 Å². The van der Waals surface area contributed by atoms with E-state index in [1.165, 1.54) is 6.26 Å². The molecule has 0 radical (unpaired) electrons. The number of furan rings is 1. The Kier molecular flexibility index (Phi) is 1.62. The first-order valence-corrected chi connectivity index (χ1v) is 2.77. The molecule has 1 aromatic heterocycles. The van der Waals surface area contributed by atoms with Gasteiger partial charge in [-0.1, -0.05) is 5.16 Å². The molecule has 1 rings (SSSR count). The molecule has 0 unspecified atom stereocenters. The third-order valence-corrected chi connectivity index (χ3v) is 1.24. The van der Waals surface area contributed by atoms with Gasteiger partial charge in [0, 0.05) is 0 Å². The van der Waals surface area contributed by atoms with Crippen molar-refractivity contribution in [1.82, 2.24) is 0 Å². The second kappa shape index (κ2) is 2.43. The average molecular weight is 140 g/mol. The SMILES string of the molecule is Cc1occc1/C(N)=N/O. The van der Waals surface area contributed by atoms with Gasteiger partial charge in [0.1, 0.15) is 5.76 Å². The Morgan fingerprint density at radius 2 is 2.50 bits per heavy atom. The zero-order valence-electron chi connectivity index (χ0n) is 5.53. The lowest BCUT2D eigenvalue weighted by Gasteiger charge is -1.91. The number of nitrogens with two attached hydrogens (primary N) is 1. The van der Waals surface area contributed by atoms with E-state index in [4.69, 9.17) is 15.4 Å². The highest BCUT2D eigenvalue weighted by atomic mass is 16.4. The van der Waals surface area contributed by atoms with Crippen LogP contribution in [0.25, 0.3) is 0 Å². The maximum atomic E-state index is 8.25. The van der Waals surface area contributed by atoms with Gasteiger partial charge >= 0.3 is 0 Å². The summed E-state index contributed by atoms with van der Waals surface area (Å²) in [7, 11) is 0. The van der Waals surface area contributed by atoms with E-state index in [1.54, 1.807) is 13.0 Å². The minimum atomic E-state index is 0.0752. The van der Waals surface area contributed by atoms with Crippen LogP contribution in [0.5, 0.6) is 0 Å². The highest BCUT2D eigenvalue weighted by Gasteiger charge is 2.04. The van der Waals surface area contributed by atoms with Gasteiger partial charge in [-0.05, 0) is 13.0 Å². The van der Waals surface area contributed by atoms with Gasteiger partial charge in [-0.25, -0.2) is 0 Å². The van der Waals surface area contributed by atoms with Crippen LogP contribution in [-0.2, 0) is 0 Å². The molecule has 54 valence electrons. The summed E-state index contributed by atoms with van der Waals surface area (Å²) in [5, 5.41) is 11.1. The number of amidine groups is 1. The van der Waals surface area contributed by atoms with Gasteiger partial charge in [0.05, 0.1) is 11.8 Å². The number of aryl methyl sites for hydroxylation is 1. The van der Waals surface area contributed by atoms with Gasteiger partial charge in [0.15, 0.2) is 5.84 Å². The van der Waals surface area contributed by atoms with E-state index < -0.39 is 0 Å². The number of nitrogens with zero attached hydrogens (tertiary/aromatic N) is 1. The van der Waals surface area contributed by atoms with Gasteiger partial charge in [0.2, 0.25) is 0 Å². The van der Waals surface area contributed by atoms with Crippen LogP contribution in [0.4, 0.5) is 0 Å². The number of hydrogen-bond donors (Lipinski definition) is 2. The monoisotopic (exact) mass is 140 g/mol. The molecule has 0 aliphatic rings. The molecule has 0 spiro atoms. The molecule has 0 amide bonds. The van der Waals surface area contributed by atoms with Crippen molar-refractivity contribution >= 4 is 5.84 Å².